The highest BCUT2D eigenvalue weighted by molar-refractivity contribution is 5.13. The van der Waals surface area contributed by atoms with Gasteiger partial charge in [0.25, 0.3) is 0 Å². The molecule has 0 aromatic carbocycles. The standard InChI is InChI=1S/C17H28N2/c1-12(2)16-8-7-13(3)10-17(16)19-14(4)15-6-5-9-18-11-15/h5-6,9,11-14,16-17,19H,7-8,10H2,1-4H3. The second-order valence-electron chi connectivity index (χ2n) is 6.61. The molecule has 0 spiro atoms. The Morgan fingerprint density at radius 1 is 1.26 bits per heavy atom. The zero-order chi connectivity index (χ0) is 13.8. The summed E-state index contributed by atoms with van der Waals surface area (Å²) in [7, 11) is 0. The van der Waals surface area contributed by atoms with Crippen molar-refractivity contribution in [2.75, 3.05) is 0 Å². The van der Waals surface area contributed by atoms with E-state index in [4.69, 9.17) is 0 Å². The van der Waals surface area contributed by atoms with E-state index in [9.17, 15) is 0 Å². The molecule has 1 fully saturated rings. The van der Waals surface area contributed by atoms with E-state index in [2.05, 4.69) is 44.1 Å². The molecule has 1 saturated carbocycles. The van der Waals surface area contributed by atoms with Gasteiger partial charge in [0.15, 0.2) is 0 Å². The van der Waals surface area contributed by atoms with E-state index in [1.807, 2.05) is 18.5 Å². The molecule has 1 N–H and O–H groups in total. The first-order valence-corrected chi connectivity index (χ1v) is 7.74. The molecule has 0 bridgehead atoms. The van der Waals surface area contributed by atoms with Crippen molar-refractivity contribution in [3.8, 4) is 0 Å². The number of rotatable bonds is 4. The molecule has 1 aliphatic carbocycles. The summed E-state index contributed by atoms with van der Waals surface area (Å²) in [6.07, 6.45) is 7.90. The van der Waals surface area contributed by atoms with Gasteiger partial charge in [0.2, 0.25) is 0 Å². The van der Waals surface area contributed by atoms with Crippen molar-refractivity contribution in [3.05, 3.63) is 30.1 Å². The van der Waals surface area contributed by atoms with E-state index >= 15 is 0 Å². The smallest absolute Gasteiger partial charge is 0.0315 e. The van der Waals surface area contributed by atoms with E-state index in [1.165, 1.54) is 24.8 Å². The number of hydrogen-bond donors (Lipinski definition) is 1. The molecule has 4 atom stereocenters. The Bertz CT molecular complexity index is 374. The summed E-state index contributed by atoms with van der Waals surface area (Å²) in [6.45, 7) is 9.38. The number of nitrogens with zero attached hydrogens (tertiary/aromatic N) is 1. The zero-order valence-electron chi connectivity index (χ0n) is 12.8. The Hall–Kier alpha value is -0.890. The van der Waals surface area contributed by atoms with Crippen LogP contribution >= 0.6 is 0 Å². The molecule has 2 heteroatoms. The summed E-state index contributed by atoms with van der Waals surface area (Å²) >= 11 is 0. The van der Waals surface area contributed by atoms with Crippen molar-refractivity contribution in [3.63, 3.8) is 0 Å². The first-order valence-electron chi connectivity index (χ1n) is 7.74. The van der Waals surface area contributed by atoms with Gasteiger partial charge in [-0.05, 0) is 49.1 Å². The third-order valence-electron chi connectivity index (χ3n) is 4.67. The maximum Gasteiger partial charge on any atom is 0.0315 e. The van der Waals surface area contributed by atoms with Crippen LogP contribution in [0.2, 0.25) is 0 Å². The van der Waals surface area contributed by atoms with Crippen LogP contribution in [0.5, 0.6) is 0 Å². The van der Waals surface area contributed by atoms with Gasteiger partial charge in [0, 0.05) is 24.5 Å². The van der Waals surface area contributed by atoms with Gasteiger partial charge >= 0.3 is 0 Å². The second kappa shape index (κ2) is 6.51. The summed E-state index contributed by atoms with van der Waals surface area (Å²) in [6, 6.07) is 5.24. The molecule has 0 amide bonds. The first-order chi connectivity index (χ1) is 9.08. The lowest BCUT2D eigenvalue weighted by Crippen LogP contribution is -2.43. The molecular weight excluding hydrogens is 232 g/mol. The van der Waals surface area contributed by atoms with E-state index in [1.54, 1.807) is 0 Å². The molecule has 0 saturated heterocycles. The average molecular weight is 260 g/mol. The molecule has 1 aromatic rings. The maximum absolute atomic E-state index is 4.23. The van der Waals surface area contributed by atoms with Gasteiger partial charge in [-0.3, -0.25) is 4.98 Å². The Balaban J connectivity index is 2.02. The van der Waals surface area contributed by atoms with Gasteiger partial charge in [-0.15, -0.1) is 0 Å². The molecule has 0 aliphatic heterocycles. The van der Waals surface area contributed by atoms with Crippen molar-refractivity contribution in [1.29, 1.82) is 0 Å². The van der Waals surface area contributed by atoms with Crippen LogP contribution in [0.25, 0.3) is 0 Å². The fraction of sp³-hybridized carbons (Fsp3) is 0.706. The van der Waals surface area contributed by atoms with Crippen molar-refractivity contribution >= 4 is 0 Å². The van der Waals surface area contributed by atoms with Crippen LogP contribution in [0.3, 0.4) is 0 Å². The summed E-state index contributed by atoms with van der Waals surface area (Å²) in [5, 5.41) is 3.86. The predicted octanol–water partition coefficient (Wildman–Crippen LogP) is 4.19. The van der Waals surface area contributed by atoms with Gasteiger partial charge in [-0.25, -0.2) is 0 Å². The lowest BCUT2D eigenvalue weighted by atomic mass is 9.73. The third-order valence-corrected chi connectivity index (χ3v) is 4.67. The van der Waals surface area contributed by atoms with E-state index in [0.29, 0.717) is 12.1 Å². The van der Waals surface area contributed by atoms with Gasteiger partial charge < -0.3 is 5.32 Å². The lowest BCUT2D eigenvalue weighted by Gasteiger charge is -2.39. The van der Waals surface area contributed by atoms with Crippen LogP contribution in [0.4, 0.5) is 0 Å². The largest absolute Gasteiger partial charge is 0.307 e. The topological polar surface area (TPSA) is 24.9 Å². The summed E-state index contributed by atoms with van der Waals surface area (Å²) in [5.74, 6) is 2.44. The first kappa shape index (κ1) is 14.5. The average Bonchev–Trinajstić information content (AvgIpc) is 2.39. The summed E-state index contributed by atoms with van der Waals surface area (Å²) in [5.41, 5.74) is 1.29. The number of hydrogen-bond acceptors (Lipinski definition) is 2. The molecule has 1 aromatic heterocycles. The fourth-order valence-electron chi connectivity index (χ4n) is 3.44. The molecular formula is C17H28N2. The second-order valence-corrected chi connectivity index (χ2v) is 6.61. The molecule has 1 aliphatic rings. The van der Waals surface area contributed by atoms with Gasteiger partial charge in [-0.1, -0.05) is 33.3 Å². The maximum atomic E-state index is 4.23. The number of nitrogens with one attached hydrogen (secondary N) is 1. The van der Waals surface area contributed by atoms with Crippen LogP contribution in [0, 0.1) is 17.8 Å². The van der Waals surface area contributed by atoms with E-state index in [-0.39, 0.29) is 0 Å². The lowest BCUT2D eigenvalue weighted by molar-refractivity contribution is 0.161. The van der Waals surface area contributed by atoms with E-state index in [0.717, 1.165) is 17.8 Å². The van der Waals surface area contributed by atoms with Gasteiger partial charge in [0.05, 0.1) is 0 Å². The minimum Gasteiger partial charge on any atom is -0.307 e. The third kappa shape index (κ3) is 3.79. The predicted molar refractivity (Wildman–Crippen MR) is 80.9 cm³/mol. The van der Waals surface area contributed by atoms with Crippen molar-refractivity contribution < 1.29 is 0 Å². The molecule has 4 unspecified atom stereocenters. The zero-order valence-corrected chi connectivity index (χ0v) is 12.8. The van der Waals surface area contributed by atoms with Crippen LogP contribution in [-0.2, 0) is 0 Å². The fourth-order valence-corrected chi connectivity index (χ4v) is 3.44. The molecule has 0 radical (unpaired) electrons. The highest BCUT2D eigenvalue weighted by atomic mass is 15.0. The van der Waals surface area contributed by atoms with Crippen LogP contribution in [-0.4, -0.2) is 11.0 Å². The summed E-state index contributed by atoms with van der Waals surface area (Å²) in [4.78, 5) is 4.23. The van der Waals surface area contributed by atoms with Crippen molar-refractivity contribution in [2.24, 2.45) is 17.8 Å². The Labute approximate surface area is 118 Å². The number of pyridine rings is 1. The quantitative estimate of drug-likeness (QED) is 0.878. The molecule has 106 valence electrons. The molecule has 1 heterocycles. The molecule has 2 rings (SSSR count). The van der Waals surface area contributed by atoms with E-state index < -0.39 is 0 Å². The monoisotopic (exact) mass is 260 g/mol. The summed E-state index contributed by atoms with van der Waals surface area (Å²) < 4.78 is 0. The van der Waals surface area contributed by atoms with Crippen LogP contribution in [0.15, 0.2) is 24.5 Å². The van der Waals surface area contributed by atoms with Crippen LogP contribution in [0.1, 0.15) is 58.6 Å². The Kier molecular flexibility index (Phi) is 4.98. The van der Waals surface area contributed by atoms with Gasteiger partial charge in [0.1, 0.15) is 0 Å². The van der Waals surface area contributed by atoms with Gasteiger partial charge in [-0.2, -0.15) is 0 Å². The number of aromatic nitrogens is 1. The minimum atomic E-state index is 0.394. The normalized spacial score (nSPS) is 29.4. The Morgan fingerprint density at radius 2 is 2.05 bits per heavy atom. The Morgan fingerprint density at radius 3 is 2.68 bits per heavy atom. The molecule has 19 heavy (non-hydrogen) atoms. The highest BCUT2D eigenvalue weighted by Crippen LogP contribution is 2.34. The van der Waals surface area contributed by atoms with Crippen molar-refractivity contribution in [1.82, 2.24) is 10.3 Å². The molecule has 2 nitrogen and oxygen atoms in total. The van der Waals surface area contributed by atoms with Crippen molar-refractivity contribution in [2.45, 2.75) is 59.0 Å². The highest BCUT2D eigenvalue weighted by Gasteiger charge is 2.31. The SMILES string of the molecule is CC1CCC(C(C)C)C(NC(C)c2cccnc2)C1. The minimum absolute atomic E-state index is 0.394. The van der Waals surface area contributed by atoms with Crippen LogP contribution < -0.4 is 5.32 Å².